The summed E-state index contributed by atoms with van der Waals surface area (Å²) >= 11 is 0. The highest BCUT2D eigenvalue weighted by Crippen LogP contribution is 2.05. The van der Waals surface area contributed by atoms with Gasteiger partial charge in [-0.2, -0.15) is 0 Å². The van der Waals surface area contributed by atoms with Gasteiger partial charge in [-0.3, -0.25) is 16.0 Å². The molecule has 0 rings (SSSR count). The van der Waals surface area contributed by atoms with Crippen LogP contribution in [-0.2, 0) is 0 Å². The van der Waals surface area contributed by atoms with E-state index in [9.17, 15) is 0 Å². The van der Waals surface area contributed by atoms with Gasteiger partial charge in [0.05, 0.1) is 0 Å². The normalized spacial score (nSPS) is 12.3. The van der Waals surface area contributed by atoms with Crippen LogP contribution in [0.5, 0.6) is 0 Å². The second-order valence-corrected chi connectivity index (χ2v) is 3.76. The minimum atomic E-state index is -0.0512. The molecule has 0 aromatic carbocycles. The molecule has 0 aliphatic rings. The van der Waals surface area contributed by atoms with Crippen molar-refractivity contribution in [2.24, 2.45) is 0 Å². The van der Waals surface area contributed by atoms with E-state index in [0.29, 0.717) is 0 Å². The van der Waals surface area contributed by atoms with Crippen molar-refractivity contribution in [3.05, 3.63) is 0 Å². The predicted octanol–water partition coefficient (Wildman–Crippen LogP) is -1.14. The van der Waals surface area contributed by atoms with Crippen LogP contribution in [0.15, 0.2) is 0 Å². The first kappa shape index (κ1) is 11.1. The summed E-state index contributed by atoms with van der Waals surface area (Å²) < 4.78 is 0. The van der Waals surface area contributed by atoms with Gasteiger partial charge in [-0.15, -0.1) is 0 Å². The topological polar surface area (TPSA) is 36.1 Å². The number of nitrogens with one attached hydrogen (secondary N) is 3. The molecule has 68 valence electrons. The Hall–Kier alpha value is 0.0969. The Labute approximate surface area is 72.7 Å². The van der Waals surface area contributed by atoms with Gasteiger partial charge in [0.15, 0.2) is 0 Å². The average Bonchev–Trinajstić information content (AvgIpc) is 2.08. The molecule has 0 saturated heterocycles. The van der Waals surface area contributed by atoms with E-state index in [1.54, 1.807) is 0 Å². The fourth-order valence-electron chi connectivity index (χ4n) is 1.19. The van der Waals surface area contributed by atoms with Gasteiger partial charge in [0.2, 0.25) is 0 Å². The van der Waals surface area contributed by atoms with Crippen molar-refractivity contribution >= 4 is 10.2 Å². The highest BCUT2D eigenvalue weighted by molar-refractivity contribution is 6.08. The first-order valence-corrected chi connectivity index (χ1v) is 5.72. The molecule has 4 heteroatoms. The van der Waals surface area contributed by atoms with Crippen LogP contribution in [0.25, 0.3) is 0 Å². The Kier molecular flexibility index (Phi) is 5.76. The van der Waals surface area contributed by atoms with Crippen LogP contribution in [0.3, 0.4) is 0 Å². The summed E-state index contributed by atoms with van der Waals surface area (Å²) in [5, 5.41) is 9.73. The minimum absolute atomic E-state index is 0.0512. The van der Waals surface area contributed by atoms with Gasteiger partial charge >= 0.3 is 0 Å². The average molecular weight is 175 g/mol. The van der Waals surface area contributed by atoms with E-state index in [1.165, 1.54) is 22.7 Å². The zero-order valence-electron chi connectivity index (χ0n) is 8.12. The molecule has 0 spiro atoms. The summed E-state index contributed by atoms with van der Waals surface area (Å²) in [6.07, 6.45) is 2.43. The molecular formula is C7H21N3Si. The lowest BCUT2D eigenvalue weighted by atomic mass is 10.2. The van der Waals surface area contributed by atoms with Crippen molar-refractivity contribution in [2.45, 2.75) is 24.7 Å². The van der Waals surface area contributed by atoms with Crippen LogP contribution in [0.4, 0.5) is 0 Å². The van der Waals surface area contributed by atoms with Gasteiger partial charge in [0, 0.05) is 10.2 Å². The third-order valence-corrected chi connectivity index (χ3v) is 2.89. The van der Waals surface area contributed by atoms with Crippen molar-refractivity contribution in [3.63, 3.8) is 0 Å². The molecule has 3 N–H and O–H groups in total. The first-order valence-electron chi connectivity index (χ1n) is 4.31. The summed E-state index contributed by atoms with van der Waals surface area (Å²) in [6, 6.07) is 1.37. The van der Waals surface area contributed by atoms with Gasteiger partial charge < -0.3 is 0 Å². The summed E-state index contributed by atoms with van der Waals surface area (Å²) in [5.41, 5.74) is 0. The van der Waals surface area contributed by atoms with Gasteiger partial charge in [0.1, 0.15) is 5.79 Å². The van der Waals surface area contributed by atoms with E-state index in [2.05, 4.69) is 16.0 Å². The maximum absolute atomic E-state index is 3.24. The molecule has 0 radical (unpaired) electrons. The van der Waals surface area contributed by atoms with E-state index in [1.807, 2.05) is 21.1 Å². The van der Waals surface area contributed by atoms with Crippen molar-refractivity contribution in [1.82, 2.24) is 16.0 Å². The molecule has 0 bridgehead atoms. The molecular weight excluding hydrogens is 154 g/mol. The molecule has 0 atom stereocenters. The zero-order chi connectivity index (χ0) is 8.74. The summed E-state index contributed by atoms with van der Waals surface area (Å²) in [7, 11) is 7.22. The number of hydrogen-bond donors (Lipinski definition) is 3. The molecule has 0 aromatic rings. The van der Waals surface area contributed by atoms with E-state index < -0.39 is 0 Å². The molecule has 0 unspecified atom stereocenters. The van der Waals surface area contributed by atoms with Crippen LogP contribution in [0.1, 0.15) is 12.8 Å². The lowest BCUT2D eigenvalue weighted by Gasteiger charge is -2.32. The van der Waals surface area contributed by atoms with E-state index in [0.717, 1.165) is 6.42 Å². The number of hydrogen-bond acceptors (Lipinski definition) is 3. The first-order chi connectivity index (χ1) is 5.24. The van der Waals surface area contributed by atoms with Gasteiger partial charge in [-0.1, -0.05) is 12.5 Å². The third kappa shape index (κ3) is 3.33. The van der Waals surface area contributed by atoms with Crippen LogP contribution >= 0.6 is 0 Å². The summed E-state index contributed by atoms with van der Waals surface area (Å²) in [5.74, 6) is -0.0512. The van der Waals surface area contributed by atoms with Crippen molar-refractivity contribution in [1.29, 1.82) is 0 Å². The molecule has 0 heterocycles. The number of rotatable bonds is 6. The molecule has 11 heavy (non-hydrogen) atoms. The molecule has 0 aliphatic heterocycles. The molecule has 0 amide bonds. The fraction of sp³-hybridized carbons (Fsp3) is 1.00. The maximum Gasteiger partial charge on any atom is 0.122 e. The van der Waals surface area contributed by atoms with Crippen molar-refractivity contribution in [3.8, 4) is 0 Å². The SMILES string of the molecule is CNC(CCC[SiH3])(NC)NC. The van der Waals surface area contributed by atoms with Crippen LogP contribution in [0, 0.1) is 0 Å². The molecule has 3 nitrogen and oxygen atoms in total. The molecule has 0 aliphatic carbocycles. The van der Waals surface area contributed by atoms with E-state index >= 15 is 0 Å². The largest absolute Gasteiger partial charge is 0.290 e. The Morgan fingerprint density at radius 3 is 1.82 bits per heavy atom. The molecule has 0 aromatic heterocycles. The van der Waals surface area contributed by atoms with Crippen molar-refractivity contribution < 1.29 is 0 Å². The van der Waals surface area contributed by atoms with E-state index in [4.69, 9.17) is 0 Å². The Bertz CT molecular complexity index is 85.4. The van der Waals surface area contributed by atoms with Gasteiger partial charge in [0.25, 0.3) is 0 Å². The fourth-order valence-corrected chi connectivity index (χ4v) is 1.55. The minimum Gasteiger partial charge on any atom is -0.290 e. The van der Waals surface area contributed by atoms with Crippen LogP contribution < -0.4 is 16.0 Å². The Morgan fingerprint density at radius 2 is 1.55 bits per heavy atom. The summed E-state index contributed by atoms with van der Waals surface area (Å²) in [4.78, 5) is 0. The second-order valence-electron chi connectivity index (χ2n) is 2.76. The Balaban J connectivity index is 3.84. The highest BCUT2D eigenvalue weighted by Gasteiger charge is 2.21. The maximum atomic E-state index is 3.24. The smallest absolute Gasteiger partial charge is 0.122 e. The standard InChI is InChI=1S/C7H21N3Si/c1-8-7(9-2,10-3)5-4-6-11/h8-10H,4-6H2,1-3,11H3. The van der Waals surface area contributed by atoms with Crippen molar-refractivity contribution in [2.75, 3.05) is 21.1 Å². The zero-order valence-corrected chi connectivity index (χ0v) is 10.1. The van der Waals surface area contributed by atoms with E-state index in [-0.39, 0.29) is 5.79 Å². The lowest BCUT2D eigenvalue weighted by Crippen LogP contribution is -2.62. The molecule has 0 fully saturated rings. The lowest BCUT2D eigenvalue weighted by molar-refractivity contribution is 0.225. The Morgan fingerprint density at radius 1 is 1.09 bits per heavy atom. The van der Waals surface area contributed by atoms with Gasteiger partial charge in [-0.25, -0.2) is 0 Å². The quantitative estimate of drug-likeness (QED) is 0.353. The molecule has 0 saturated carbocycles. The highest BCUT2D eigenvalue weighted by atomic mass is 28.1. The monoisotopic (exact) mass is 175 g/mol. The second kappa shape index (κ2) is 5.71. The van der Waals surface area contributed by atoms with Gasteiger partial charge in [-0.05, 0) is 27.6 Å². The van der Waals surface area contributed by atoms with Crippen LogP contribution in [-0.4, -0.2) is 37.2 Å². The third-order valence-electron chi connectivity index (χ3n) is 2.19. The summed E-state index contributed by atoms with van der Waals surface area (Å²) in [6.45, 7) is 0. The van der Waals surface area contributed by atoms with Crippen LogP contribution in [0.2, 0.25) is 6.04 Å². The predicted molar refractivity (Wildman–Crippen MR) is 53.9 cm³/mol.